The Morgan fingerprint density at radius 2 is 2.30 bits per heavy atom. The molecule has 0 radical (unpaired) electrons. The summed E-state index contributed by atoms with van der Waals surface area (Å²) in [6.45, 7) is 0. The molecule has 0 saturated heterocycles. The maximum Gasteiger partial charge on any atom is 0.212 e. The van der Waals surface area contributed by atoms with Crippen LogP contribution in [0.1, 0.15) is 0 Å². The summed E-state index contributed by atoms with van der Waals surface area (Å²) < 4.78 is 0. The quantitative estimate of drug-likeness (QED) is 0.160. The number of carbonyl (C=O) groups excluding carboxylic acids is 1. The van der Waals surface area contributed by atoms with Gasteiger partial charge in [-0.1, -0.05) is 0 Å². The number of hydrogen-bond donors (Lipinski definition) is 3. The normalized spacial score (nSPS) is 11.8. The molecule has 5 heteroatoms. The van der Waals surface area contributed by atoms with Gasteiger partial charge in [-0.25, -0.2) is 4.99 Å². The molecule has 10 heavy (non-hydrogen) atoms. The number of aliphatic hydroxyl groups excluding tert-OH is 1. The predicted octanol–water partition coefficient (Wildman–Crippen LogP) is -0.409. The van der Waals surface area contributed by atoms with Crippen LogP contribution in [0.2, 0.25) is 0 Å². The summed E-state index contributed by atoms with van der Waals surface area (Å²) in [7, 11) is 0. The van der Waals surface area contributed by atoms with Crippen molar-refractivity contribution in [3.8, 4) is 0 Å². The smallest absolute Gasteiger partial charge is 0.212 e. The third-order valence-electron chi connectivity index (χ3n) is 0.638. The number of carbonyl (C=O) groups is 1. The number of allylic oxidation sites excluding steroid dienone is 1. The number of nitrogens with one attached hydrogen (secondary N) is 1. The van der Waals surface area contributed by atoms with Crippen LogP contribution in [0.4, 0.5) is 0 Å². The molecule has 0 saturated carbocycles. The first kappa shape index (κ1) is 8.35. The minimum absolute atomic E-state index is 0.0322. The highest BCUT2D eigenvalue weighted by Gasteiger charge is 1.87. The summed E-state index contributed by atoms with van der Waals surface area (Å²) in [6.07, 6.45) is 1.97. The van der Waals surface area contributed by atoms with E-state index in [1.54, 1.807) is 0 Å². The van der Waals surface area contributed by atoms with Crippen LogP contribution in [0, 0.1) is 5.41 Å². The molecule has 0 aromatic rings. The van der Waals surface area contributed by atoms with E-state index in [0.717, 1.165) is 6.21 Å². The second kappa shape index (κ2) is 4.25. The zero-order valence-electron chi connectivity index (χ0n) is 5.11. The number of rotatable bonds is 2. The van der Waals surface area contributed by atoms with Crippen LogP contribution in [0.25, 0.3) is 0 Å². The van der Waals surface area contributed by atoms with E-state index in [1.165, 1.54) is 0 Å². The molecule has 5 nitrogen and oxygen atoms in total. The molecule has 0 aromatic carbocycles. The SMILES string of the molecule is N=C(N)/N=C/C(C=O)=C/O. The maximum absolute atomic E-state index is 9.92. The van der Waals surface area contributed by atoms with Crippen molar-refractivity contribution in [1.29, 1.82) is 5.41 Å². The largest absolute Gasteiger partial charge is 0.515 e. The Kier molecular flexibility index (Phi) is 3.55. The van der Waals surface area contributed by atoms with Crippen molar-refractivity contribution < 1.29 is 9.90 Å². The van der Waals surface area contributed by atoms with Crippen molar-refractivity contribution in [2.45, 2.75) is 0 Å². The minimum atomic E-state index is -0.416. The third-order valence-corrected chi connectivity index (χ3v) is 0.638. The molecule has 0 aliphatic heterocycles. The Hall–Kier alpha value is -1.65. The number of hydrogen-bond acceptors (Lipinski definition) is 3. The van der Waals surface area contributed by atoms with E-state index >= 15 is 0 Å². The molecule has 0 spiro atoms. The zero-order chi connectivity index (χ0) is 7.98. The molecular formula is C5H7N3O2. The lowest BCUT2D eigenvalue weighted by molar-refractivity contribution is -0.104. The van der Waals surface area contributed by atoms with Gasteiger partial charge in [0.1, 0.15) is 0 Å². The first-order valence-corrected chi connectivity index (χ1v) is 2.38. The third kappa shape index (κ3) is 3.36. The van der Waals surface area contributed by atoms with E-state index in [2.05, 4.69) is 4.99 Å². The van der Waals surface area contributed by atoms with Crippen LogP contribution in [0.3, 0.4) is 0 Å². The summed E-state index contributed by atoms with van der Waals surface area (Å²) in [4.78, 5) is 13.2. The van der Waals surface area contributed by atoms with Crippen molar-refractivity contribution in [2.75, 3.05) is 0 Å². The molecule has 0 unspecified atom stereocenters. The fraction of sp³-hybridized carbons (Fsp3) is 0. The van der Waals surface area contributed by atoms with Gasteiger partial charge in [0.25, 0.3) is 0 Å². The second-order valence-electron chi connectivity index (χ2n) is 1.39. The average Bonchev–Trinajstić information content (AvgIpc) is 1.90. The van der Waals surface area contributed by atoms with Crippen LogP contribution < -0.4 is 5.73 Å². The van der Waals surface area contributed by atoms with Crippen LogP contribution in [0.5, 0.6) is 0 Å². The monoisotopic (exact) mass is 141 g/mol. The van der Waals surface area contributed by atoms with Crippen molar-refractivity contribution in [3.63, 3.8) is 0 Å². The zero-order valence-corrected chi connectivity index (χ0v) is 5.11. The molecule has 0 fully saturated rings. The number of guanidine groups is 1. The van der Waals surface area contributed by atoms with Gasteiger partial charge in [0.15, 0.2) is 6.29 Å². The standard InChI is InChI=1S/C5H7N3O2/c6-5(7)8-1-4(2-9)3-10/h1-3,9H,(H3,6,7)/b4-2-,8-1+. The molecule has 0 aliphatic rings. The van der Waals surface area contributed by atoms with Crippen molar-refractivity contribution >= 4 is 18.5 Å². The summed E-state index contributed by atoms with van der Waals surface area (Å²) in [5.41, 5.74) is 4.78. The van der Waals surface area contributed by atoms with Crippen LogP contribution in [-0.2, 0) is 4.79 Å². The Balaban J connectivity index is 4.11. The molecule has 0 amide bonds. The number of aliphatic hydroxyl groups is 1. The average molecular weight is 141 g/mol. The van der Waals surface area contributed by atoms with Gasteiger partial charge < -0.3 is 10.8 Å². The number of aliphatic imine (C=N–C) groups is 1. The van der Waals surface area contributed by atoms with Crippen molar-refractivity contribution in [3.05, 3.63) is 11.8 Å². The molecule has 0 aromatic heterocycles. The van der Waals surface area contributed by atoms with Gasteiger partial charge in [-0.15, -0.1) is 0 Å². The van der Waals surface area contributed by atoms with Gasteiger partial charge in [-0.05, 0) is 0 Å². The Labute approximate surface area is 57.4 Å². The Bertz CT molecular complexity index is 195. The highest BCUT2D eigenvalue weighted by Crippen LogP contribution is 1.80. The molecular weight excluding hydrogens is 134 g/mol. The molecule has 0 aliphatic carbocycles. The van der Waals surface area contributed by atoms with E-state index in [4.69, 9.17) is 16.2 Å². The fourth-order valence-electron chi connectivity index (χ4n) is 0.238. The maximum atomic E-state index is 9.92. The lowest BCUT2D eigenvalue weighted by Gasteiger charge is -1.84. The number of nitrogens with zero attached hydrogens (tertiary/aromatic N) is 1. The van der Waals surface area contributed by atoms with E-state index < -0.39 is 5.96 Å². The fourth-order valence-corrected chi connectivity index (χ4v) is 0.238. The van der Waals surface area contributed by atoms with E-state index in [1.807, 2.05) is 0 Å². The van der Waals surface area contributed by atoms with Crippen LogP contribution in [-0.4, -0.2) is 23.6 Å². The topological polar surface area (TPSA) is 99.5 Å². The lowest BCUT2D eigenvalue weighted by Crippen LogP contribution is -2.05. The van der Waals surface area contributed by atoms with E-state index in [-0.39, 0.29) is 5.57 Å². The van der Waals surface area contributed by atoms with Gasteiger partial charge in [0, 0.05) is 6.21 Å². The van der Waals surface area contributed by atoms with E-state index in [0.29, 0.717) is 12.5 Å². The number of nitrogens with two attached hydrogens (primary N) is 1. The molecule has 0 atom stereocenters. The minimum Gasteiger partial charge on any atom is -0.515 e. The van der Waals surface area contributed by atoms with Crippen LogP contribution >= 0.6 is 0 Å². The van der Waals surface area contributed by atoms with Gasteiger partial charge in [-0.3, -0.25) is 10.2 Å². The number of aldehydes is 1. The molecule has 4 N–H and O–H groups in total. The van der Waals surface area contributed by atoms with Crippen molar-refractivity contribution in [1.82, 2.24) is 0 Å². The van der Waals surface area contributed by atoms with Gasteiger partial charge in [-0.2, -0.15) is 0 Å². The Morgan fingerprint density at radius 1 is 1.70 bits per heavy atom. The highest BCUT2D eigenvalue weighted by molar-refractivity contribution is 6.04. The van der Waals surface area contributed by atoms with Gasteiger partial charge in [0.2, 0.25) is 5.96 Å². The molecule has 0 rings (SSSR count). The van der Waals surface area contributed by atoms with E-state index in [9.17, 15) is 4.79 Å². The van der Waals surface area contributed by atoms with Crippen molar-refractivity contribution in [2.24, 2.45) is 10.7 Å². The second-order valence-corrected chi connectivity index (χ2v) is 1.39. The van der Waals surface area contributed by atoms with Crippen LogP contribution in [0.15, 0.2) is 16.8 Å². The van der Waals surface area contributed by atoms with Gasteiger partial charge in [0.05, 0.1) is 11.8 Å². The Morgan fingerprint density at radius 3 is 2.60 bits per heavy atom. The first-order valence-electron chi connectivity index (χ1n) is 2.38. The summed E-state index contributed by atoms with van der Waals surface area (Å²) in [6, 6.07) is 0. The predicted molar refractivity (Wildman–Crippen MR) is 37.2 cm³/mol. The highest BCUT2D eigenvalue weighted by atomic mass is 16.2. The first-order chi connectivity index (χ1) is 4.70. The molecule has 0 heterocycles. The summed E-state index contributed by atoms with van der Waals surface area (Å²) in [5.74, 6) is -0.416. The van der Waals surface area contributed by atoms with Gasteiger partial charge >= 0.3 is 0 Å². The molecule has 0 bridgehead atoms. The molecule has 54 valence electrons. The lowest BCUT2D eigenvalue weighted by atomic mass is 10.4. The summed E-state index contributed by atoms with van der Waals surface area (Å²) in [5, 5.41) is 14.8. The summed E-state index contributed by atoms with van der Waals surface area (Å²) >= 11 is 0.